The molecule has 1 aliphatic carbocycles. The van der Waals surface area contributed by atoms with Gasteiger partial charge in [-0.15, -0.1) is 0 Å². The molecule has 4 aromatic rings. The molecule has 1 saturated carbocycles. The van der Waals surface area contributed by atoms with Crippen molar-refractivity contribution in [3.63, 3.8) is 0 Å². The Balaban J connectivity index is 1.36. The number of aromatic nitrogens is 4. The molecule has 2 fully saturated rings. The van der Waals surface area contributed by atoms with E-state index in [1.807, 2.05) is 0 Å². The topological polar surface area (TPSA) is 105 Å². The molecule has 1 amide bonds. The van der Waals surface area contributed by atoms with Gasteiger partial charge in [-0.25, -0.2) is 9.37 Å². The summed E-state index contributed by atoms with van der Waals surface area (Å²) in [6.07, 6.45) is 9.18. The van der Waals surface area contributed by atoms with E-state index in [9.17, 15) is 9.90 Å². The SMILES string of the molecule is COc1ccncc1-c1nccc(C(=O)Nc2nc3cc(C4CCN(C)CC4)ccc3n2[C@H]2CC[C@@H](O)CC2)c1F. The minimum absolute atomic E-state index is 0.0138. The van der Waals surface area contributed by atoms with E-state index in [2.05, 4.69) is 50.0 Å². The normalized spacial score (nSPS) is 20.3. The number of nitrogens with zero attached hydrogens (tertiary/aromatic N) is 5. The van der Waals surface area contributed by atoms with E-state index in [4.69, 9.17) is 9.72 Å². The Morgan fingerprint density at radius 3 is 2.61 bits per heavy atom. The Kier molecular flexibility index (Phi) is 7.68. The number of ether oxygens (including phenoxy) is 1. The maximum Gasteiger partial charge on any atom is 0.261 e. The summed E-state index contributed by atoms with van der Waals surface area (Å²) in [4.78, 5) is 29.0. The van der Waals surface area contributed by atoms with Crippen molar-refractivity contribution in [3.8, 4) is 17.0 Å². The highest BCUT2D eigenvalue weighted by Gasteiger charge is 2.28. The quantitative estimate of drug-likeness (QED) is 0.336. The van der Waals surface area contributed by atoms with Gasteiger partial charge in [0, 0.05) is 24.6 Å². The van der Waals surface area contributed by atoms with E-state index in [0.29, 0.717) is 36.0 Å². The minimum atomic E-state index is -0.760. The van der Waals surface area contributed by atoms with Crippen molar-refractivity contribution in [2.24, 2.45) is 0 Å². The number of anilines is 1. The lowest BCUT2D eigenvalue weighted by Gasteiger charge is -2.29. The van der Waals surface area contributed by atoms with Crippen LogP contribution in [0.25, 0.3) is 22.3 Å². The summed E-state index contributed by atoms with van der Waals surface area (Å²) in [7, 11) is 3.64. The molecule has 9 nitrogen and oxygen atoms in total. The summed E-state index contributed by atoms with van der Waals surface area (Å²) < 4.78 is 23.2. The number of piperidine rings is 1. The molecule has 1 aromatic carbocycles. The summed E-state index contributed by atoms with van der Waals surface area (Å²) in [5, 5.41) is 13.0. The third-order valence-corrected chi connectivity index (χ3v) is 8.55. The van der Waals surface area contributed by atoms with Crippen molar-refractivity contribution < 1.29 is 19.0 Å². The number of halogens is 1. The van der Waals surface area contributed by atoms with E-state index in [-0.39, 0.29) is 23.4 Å². The van der Waals surface area contributed by atoms with Gasteiger partial charge in [-0.3, -0.25) is 20.1 Å². The molecule has 0 bridgehead atoms. The summed E-state index contributed by atoms with van der Waals surface area (Å²) in [5.41, 5.74) is 3.18. The number of nitrogens with one attached hydrogen (secondary N) is 1. The van der Waals surface area contributed by atoms with Crippen molar-refractivity contribution in [1.82, 2.24) is 24.4 Å². The first-order chi connectivity index (χ1) is 19.9. The molecule has 0 radical (unpaired) electrons. The van der Waals surface area contributed by atoms with Gasteiger partial charge in [-0.05, 0) is 94.4 Å². The first-order valence-corrected chi connectivity index (χ1v) is 14.3. The Morgan fingerprint density at radius 1 is 1.07 bits per heavy atom. The summed E-state index contributed by atoms with van der Waals surface area (Å²) in [6.45, 7) is 2.13. The van der Waals surface area contributed by atoms with Crippen molar-refractivity contribution in [1.29, 1.82) is 0 Å². The molecular weight excluding hydrogens is 523 g/mol. The third-order valence-electron chi connectivity index (χ3n) is 8.55. The molecule has 0 unspecified atom stereocenters. The maximum atomic E-state index is 15.8. The van der Waals surface area contributed by atoms with Crippen LogP contribution in [0.1, 0.15) is 66.4 Å². The van der Waals surface area contributed by atoms with E-state index in [1.54, 1.807) is 12.3 Å². The first-order valence-electron chi connectivity index (χ1n) is 14.3. The zero-order chi connectivity index (χ0) is 28.5. The number of methoxy groups -OCH3 is 1. The van der Waals surface area contributed by atoms with Gasteiger partial charge in [-0.2, -0.15) is 0 Å². The average molecular weight is 559 g/mol. The largest absolute Gasteiger partial charge is 0.496 e. The molecule has 0 atom stereocenters. The molecule has 214 valence electrons. The van der Waals surface area contributed by atoms with Crippen molar-refractivity contribution in [2.75, 3.05) is 32.6 Å². The van der Waals surface area contributed by atoms with E-state index in [1.165, 1.54) is 31.1 Å². The number of aliphatic hydroxyl groups is 1. The number of imidazole rings is 1. The predicted octanol–water partition coefficient (Wildman–Crippen LogP) is 5.18. The van der Waals surface area contributed by atoms with Crippen LogP contribution in [0.5, 0.6) is 5.75 Å². The summed E-state index contributed by atoms with van der Waals surface area (Å²) in [5.74, 6) is -0.118. The summed E-state index contributed by atoms with van der Waals surface area (Å²) >= 11 is 0. The van der Waals surface area contributed by atoms with Crippen molar-refractivity contribution in [2.45, 2.75) is 56.6 Å². The van der Waals surface area contributed by atoms with Gasteiger partial charge in [0.1, 0.15) is 11.4 Å². The second-order valence-electron chi connectivity index (χ2n) is 11.1. The van der Waals surface area contributed by atoms with Gasteiger partial charge >= 0.3 is 0 Å². The molecule has 41 heavy (non-hydrogen) atoms. The monoisotopic (exact) mass is 558 g/mol. The van der Waals surface area contributed by atoms with Gasteiger partial charge in [0.25, 0.3) is 5.91 Å². The number of aliphatic hydroxyl groups excluding tert-OH is 1. The number of rotatable bonds is 6. The van der Waals surface area contributed by atoms with Gasteiger partial charge in [-0.1, -0.05) is 6.07 Å². The Bertz CT molecular complexity index is 1560. The van der Waals surface area contributed by atoms with Crippen LogP contribution in [0.15, 0.2) is 48.9 Å². The molecule has 6 rings (SSSR count). The lowest BCUT2D eigenvalue weighted by Crippen LogP contribution is -2.29. The smallest absolute Gasteiger partial charge is 0.261 e. The zero-order valence-electron chi connectivity index (χ0n) is 23.4. The molecule has 1 saturated heterocycles. The number of pyridine rings is 2. The van der Waals surface area contributed by atoms with Crippen LogP contribution in [-0.4, -0.2) is 68.8 Å². The van der Waals surface area contributed by atoms with Crippen LogP contribution in [0, 0.1) is 5.82 Å². The number of likely N-dealkylation sites (tertiary alicyclic amines) is 1. The van der Waals surface area contributed by atoms with Crippen LogP contribution in [-0.2, 0) is 0 Å². The van der Waals surface area contributed by atoms with Crippen LogP contribution in [0.3, 0.4) is 0 Å². The number of carbonyl (C=O) groups is 1. The second kappa shape index (κ2) is 11.5. The van der Waals surface area contributed by atoms with Crippen molar-refractivity contribution >= 4 is 22.9 Å². The van der Waals surface area contributed by atoms with Crippen LogP contribution in [0.4, 0.5) is 10.3 Å². The number of hydrogen-bond acceptors (Lipinski definition) is 7. The van der Waals surface area contributed by atoms with Crippen LogP contribution >= 0.6 is 0 Å². The number of fused-ring (bicyclic) bond motifs is 1. The first kappa shape index (κ1) is 27.3. The fraction of sp³-hybridized carbons (Fsp3) is 0.419. The number of carbonyl (C=O) groups excluding carboxylic acids is 1. The lowest BCUT2D eigenvalue weighted by atomic mass is 9.89. The van der Waals surface area contributed by atoms with Gasteiger partial charge in [0.2, 0.25) is 5.95 Å². The minimum Gasteiger partial charge on any atom is -0.496 e. The van der Waals surface area contributed by atoms with E-state index >= 15 is 4.39 Å². The standard InChI is InChI=1S/C31H35FN6O3/c1-37-15-11-19(12-16-37)20-3-8-26-25(17-20)35-31(38(26)21-4-6-22(39)7-5-21)36-30(40)23-9-14-34-29(28(23)32)24-18-33-13-10-27(24)41-2/h3,8-10,13-14,17-19,21-22,39H,4-7,11-12,15-16H2,1-2H3,(H,35,36,40)/t21-,22+. The molecule has 2 aliphatic rings. The highest BCUT2D eigenvalue weighted by atomic mass is 19.1. The van der Waals surface area contributed by atoms with Gasteiger partial charge in [0.15, 0.2) is 5.82 Å². The van der Waals surface area contributed by atoms with Gasteiger partial charge < -0.3 is 19.3 Å². The van der Waals surface area contributed by atoms with E-state index in [0.717, 1.165) is 49.8 Å². The lowest BCUT2D eigenvalue weighted by molar-refractivity contribution is 0.101. The maximum absolute atomic E-state index is 15.8. The molecule has 2 N–H and O–H groups in total. The molecule has 10 heteroatoms. The van der Waals surface area contributed by atoms with Gasteiger partial charge in [0.05, 0.1) is 35.4 Å². The number of amides is 1. The molecule has 0 spiro atoms. The van der Waals surface area contributed by atoms with Crippen molar-refractivity contribution in [3.05, 3.63) is 65.9 Å². The fourth-order valence-corrected chi connectivity index (χ4v) is 6.20. The molecule has 4 heterocycles. The Hall–Kier alpha value is -3.89. The number of benzene rings is 1. The second-order valence-corrected chi connectivity index (χ2v) is 11.1. The number of hydrogen-bond donors (Lipinski definition) is 2. The third kappa shape index (κ3) is 5.41. The molecule has 3 aromatic heterocycles. The Labute approximate surface area is 238 Å². The fourth-order valence-electron chi connectivity index (χ4n) is 6.20. The van der Waals surface area contributed by atoms with Crippen LogP contribution in [0.2, 0.25) is 0 Å². The van der Waals surface area contributed by atoms with E-state index < -0.39 is 11.7 Å². The van der Waals surface area contributed by atoms with Crippen LogP contribution < -0.4 is 10.1 Å². The highest BCUT2D eigenvalue weighted by molar-refractivity contribution is 6.05. The average Bonchev–Trinajstić information content (AvgIpc) is 3.35. The highest BCUT2D eigenvalue weighted by Crippen LogP contribution is 2.37. The molecular formula is C31H35FN6O3. The Morgan fingerprint density at radius 2 is 1.85 bits per heavy atom. The predicted molar refractivity (Wildman–Crippen MR) is 155 cm³/mol. The molecule has 1 aliphatic heterocycles. The zero-order valence-corrected chi connectivity index (χ0v) is 23.4. The summed E-state index contributed by atoms with van der Waals surface area (Å²) in [6, 6.07) is 9.44.